The molecule has 1 atom stereocenters. The molecule has 0 saturated heterocycles. The van der Waals surface area contributed by atoms with Crippen LogP contribution in [0.4, 0.5) is 0 Å². The molecule has 0 aliphatic carbocycles. The zero-order valence-electron chi connectivity index (χ0n) is 14.1. The van der Waals surface area contributed by atoms with E-state index < -0.39 is 0 Å². The topological polar surface area (TPSA) is 75.3 Å². The molecule has 0 radical (unpaired) electrons. The molecular formula is C17H30N2O3. The highest BCUT2D eigenvalue weighted by Crippen LogP contribution is 2.14. The van der Waals surface area contributed by atoms with Crippen molar-refractivity contribution in [2.75, 3.05) is 13.1 Å². The number of nitrogens with one attached hydrogen (secondary N) is 2. The molecule has 0 aliphatic rings. The highest BCUT2D eigenvalue weighted by Gasteiger charge is 2.04. The lowest BCUT2D eigenvalue weighted by atomic mass is 9.99. The number of allylic oxidation sites excluding steroid dienone is 1. The summed E-state index contributed by atoms with van der Waals surface area (Å²) in [5.41, 5.74) is 0.374. The van der Waals surface area contributed by atoms with Gasteiger partial charge in [-0.2, -0.15) is 0 Å². The Balaban J connectivity index is 3.58. The van der Waals surface area contributed by atoms with Crippen LogP contribution in [0.15, 0.2) is 11.6 Å². The Bertz CT molecular complexity index is 378. The molecule has 0 aromatic rings. The van der Waals surface area contributed by atoms with Crippen LogP contribution < -0.4 is 10.6 Å². The van der Waals surface area contributed by atoms with Crippen molar-refractivity contribution >= 4 is 18.1 Å². The molecule has 0 bridgehead atoms. The van der Waals surface area contributed by atoms with Crippen molar-refractivity contribution in [2.45, 2.75) is 59.3 Å². The maximum absolute atomic E-state index is 11.6. The molecule has 0 aromatic heterocycles. The Hall–Kier alpha value is -1.65. The molecule has 5 heteroatoms. The smallest absolute Gasteiger partial charge is 0.244 e. The van der Waals surface area contributed by atoms with Crippen LogP contribution >= 0.6 is 0 Å². The molecule has 0 aliphatic heterocycles. The first-order valence-corrected chi connectivity index (χ1v) is 8.17. The summed E-state index contributed by atoms with van der Waals surface area (Å²) in [6, 6.07) is 0. The van der Waals surface area contributed by atoms with E-state index in [9.17, 15) is 14.4 Å². The average molecular weight is 310 g/mol. The lowest BCUT2D eigenvalue weighted by Crippen LogP contribution is -2.34. The summed E-state index contributed by atoms with van der Waals surface area (Å²) in [5, 5.41) is 5.39. The summed E-state index contributed by atoms with van der Waals surface area (Å²) >= 11 is 0. The van der Waals surface area contributed by atoms with Crippen molar-refractivity contribution in [3.63, 3.8) is 0 Å². The summed E-state index contributed by atoms with van der Waals surface area (Å²) in [6.07, 6.45) is 8.05. The normalized spacial score (nSPS) is 12.6. The molecule has 0 aromatic carbocycles. The molecule has 22 heavy (non-hydrogen) atoms. The number of carbonyl (C=O) groups is 3. The number of unbranched alkanes of at least 4 members (excludes halogenated alkanes) is 1. The number of hydrogen-bond acceptors (Lipinski definition) is 3. The predicted molar refractivity (Wildman–Crippen MR) is 88.4 cm³/mol. The van der Waals surface area contributed by atoms with Gasteiger partial charge in [-0.15, -0.1) is 0 Å². The van der Waals surface area contributed by atoms with Crippen LogP contribution in [0.1, 0.15) is 59.3 Å². The summed E-state index contributed by atoms with van der Waals surface area (Å²) in [4.78, 5) is 33.3. The quantitative estimate of drug-likeness (QED) is 0.330. The number of carbonyl (C=O) groups excluding carboxylic acids is 3. The number of amides is 2. The monoisotopic (exact) mass is 310 g/mol. The zero-order valence-corrected chi connectivity index (χ0v) is 14.1. The molecule has 2 amide bonds. The third-order valence-electron chi connectivity index (χ3n) is 3.42. The molecule has 0 fully saturated rings. The van der Waals surface area contributed by atoms with Crippen LogP contribution in [-0.2, 0) is 14.4 Å². The van der Waals surface area contributed by atoms with Gasteiger partial charge in [0.25, 0.3) is 0 Å². The van der Waals surface area contributed by atoms with Crippen LogP contribution in [0.2, 0.25) is 0 Å². The van der Waals surface area contributed by atoms with Gasteiger partial charge in [0.1, 0.15) is 6.29 Å². The van der Waals surface area contributed by atoms with Gasteiger partial charge < -0.3 is 10.6 Å². The van der Waals surface area contributed by atoms with Gasteiger partial charge in [0.05, 0.1) is 0 Å². The Morgan fingerprint density at radius 3 is 2.41 bits per heavy atom. The van der Waals surface area contributed by atoms with Gasteiger partial charge in [-0.05, 0) is 24.8 Å². The lowest BCUT2D eigenvalue weighted by Gasteiger charge is -2.09. The SMILES string of the molecule is CCCC(C)CCCCC(=O)NCCNC(=O)/C=C(\C)C=O. The minimum atomic E-state index is -0.316. The summed E-state index contributed by atoms with van der Waals surface area (Å²) in [7, 11) is 0. The Morgan fingerprint density at radius 1 is 1.09 bits per heavy atom. The highest BCUT2D eigenvalue weighted by atomic mass is 16.2. The molecule has 0 rings (SSSR count). The first-order chi connectivity index (χ1) is 10.5. The zero-order chi connectivity index (χ0) is 16.8. The molecule has 0 heterocycles. The molecule has 2 N–H and O–H groups in total. The third-order valence-corrected chi connectivity index (χ3v) is 3.42. The predicted octanol–water partition coefficient (Wildman–Crippen LogP) is 2.36. The molecule has 0 saturated carbocycles. The first-order valence-electron chi connectivity index (χ1n) is 8.17. The van der Waals surface area contributed by atoms with Crippen molar-refractivity contribution in [3.05, 3.63) is 11.6 Å². The Morgan fingerprint density at radius 2 is 1.77 bits per heavy atom. The van der Waals surface area contributed by atoms with E-state index in [1.807, 2.05) is 0 Å². The molecule has 1 unspecified atom stereocenters. The first kappa shape index (κ1) is 20.3. The Kier molecular flexibility index (Phi) is 12.1. The third kappa shape index (κ3) is 12.1. The highest BCUT2D eigenvalue weighted by molar-refractivity contribution is 5.93. The fourth-order valence-corrected chi connectivity index (χ4v) is 2.18. The van der Waals surface area contributed by atoms with Crippen LogP contribution in [0.3, 0.4) is 0 Å². The standard InChI is InChI=1S/C17H30N2O3/c1-4-7-14(2)8-5-6-9-16(21)18-10-11-19-17(22)12-15(3)13-20/h12-14H,4-11H2,1-3H3,(H,18,21)(H,19,22)/b15-12+. The maximum Gasteiger partial charge on any atom is 0.244 e. The fraction of sp³-hybridized carbons (Fsp3) is 0.706. The summed E-state index contributed by atoms with van der Waals surface area (Å²) in [5.74, 6) is 0.451. The number of aldehydes is 1. The average Bonchev–Trinajstić information content (AvgIpc) is 2.48. The molecule has 5 nitrogen and oxygen atoms in total. The van der Waals surface area contributed by atoms with Gasteiger partial charge in [0.15, 0.2) is 0 Å². The molecule has 0 spiro atoms. The van der Waals surface area contributed by atoms with E-state index in [0.717, 1.165) is 18.8 Å². The molecular weight excluding hydrogens is 280 g/mol. The number of rotatable bonds is 12. The van der Waals surface area contributed by atoms with Gasteiger partial charge in [-0.1, -0.05) is 39.5 Å². The second-order valence-corrected chi connectivity index (χ2v) is 5.79. The van der Waals surface area contributed by atoms with E-state index in [1.54, 1.807) is 6.92 Å². The summed E-state index contributed by atoms with van der Waals surface area (Å²) < 4.78 is 0. The minimum Gasteiger partial charge on any atom is -0.354 e. The Labute approximate surface area is 133 Å². The van der Waals surface area contributed by atoms with E-state index in [0.29, 0.717) is 31.4 Å². The van der Waals surface area contributed by atoms with Crippen LogP contribution in [-0.4, -0.2) is 31.2 Å². The van der Waals surface area contributed by atoms with E-state index >= 15 is 0 Å². The van der Waals surface area contributed by atoms with E-state index in [1.165, 1.54) is 25.3 Å². The minimum absolute atomic E-state index is 0.0250. The van der Waals surface area contributed by atoms with Crippen molar-refractivity contribution in [3.8, 4) is 0 Å². The second-order valence-electron chi connectivity index (χ2n) is 5.79. The largest absolute Gasteiger partial charge is 0.354 e. The van der Waals surface area contributed by atoms with Gasteiger partial charge in [-0.3, -0.25) is 14.4 Å². The van der Waals surface area contributed by atoms with Crippen molar-refractivity contribution < 1.29 is 14.4 Å². The van der Waals surface area contributed by atoms with Crippen LogP contribution in [0, 0.1) is 5.92 Å². The van der Waals surface area contributed by atoms with Gasteiger partial charge in [-0.25, -0.2) is 0 Å². The van der Waals surface area contributed by atoms with Crippen molar-refractivity contribution in [1.82, 2.24) is 10.6 Å². The molecule has 126 valence electrons. The van der Waals surface area contributed by atoms with E-state index in [-0.39, 0.29) is 11.8 Å². The van der Waals surface area contributed by atoms with Crippen molar-refractivity contribution in [2.24, 2.45) is 5.92 Å². The van der Waals surface area contributed by atoms with E-state index in [2.05, 4.69) is 24.5 Å². The lowest BCUT2D eigenvalue weighted by molar-refractivity contribution is -0.121. The van der Waals surface area contributed by atoms with Crippen LogP contribution in [0.5, 0.6) is 0 Å². The van der Waals surface area contributed by atoms with Crippen molar-refractivity contribution in [1.29, 1.82) is 0 Å². The van der Waals surface area contributed by atoms with Gasteiger partial charge >= 0.3 is 0 Å². The van der Waals surface area contributed by atoms with Crippen LogP contribution in [0.25, 0.3) is 0 Å². The fourth-order valence-electron chi connectivity index (χ4n) is 2.18. The number of hydrogen-bond donors (Lipinski definition) is 2. The summed E-state index contributed by atoms with van der Waals surface area (Å²) in [6.45, 7) is 6.78. The van der Waals surface area contributed by atoms with Gasteiger partial charge in [0, 0.05) is 25.6 Å². The maximum atomic E-state index is 11.6. The van der Waals surface area contributed by atoms with Gasteiger partial charge in [0.2, 0.25) is 11.8 Å². The van der Waals surface area contributed by atoms with E-state index in [4.69, 9.17) is 0 Å². The second kappa shape index (κ2) is 13.0.